The number of benzene rings is 2. The first-order chi connectivity index (χ1) is 13.3. The van der Waals surface area contributed by atoms with Crippen LogP contribution in [0.1, 0.15) is 41.6 Å². The Bertz CT molecular complexity index is 1040. The number of fused-ring (bicyclic) bond motifs is 1. The van der Waals surface area contributed by atoms with Gasteiger partial charge in [-0.1, -0.05) is 19.9 Å². The smallest absolute Gasteiger partial charge is 0.319 e. The van der Waals surface area contributed by atoms with Gasteiger partial charge in [0.05, 0.1) is 6.04 Å². The lowest BCUT2D eigenvalue weighted by Gasteiger charge is -2.21. The number of anilines is 1. The fourth-order valence-corrected chi connectivity index (χ4v) is 3.10. The number of nitrogens with one attached hydrogen (secondary N) is 2. The number of primary amides is 1. The Morgan fingerprint density at radius 3 is 2.57 bits per heavy atom. The minimum Gasteiger partial charge on any atom is -0.459 e. The maximum atomic E-state index is 13.6. The van der Waals surface area contributed by atoms with Gasteiger partial charge >= 0.3 is 6.03 Å². The molecule has 0 spiro atoms. The normalized spacial score (nSPS) is 12.2. The first-order valence-corrected chi connectivity index (χ1v) is 8.92. The van der Waals surface area contributed by atoms with Crippen molar-refractivity contribution in [2.45, 2.75) is 26.8 Å². The molecule has 0 bridgehead atoms. The third kappa shape index (κ3) is 3.98. The maximum Gasteiger partial charge on any atom is 0.319 e. The molecule has 1 heterocycles. The minimum atomic E-state index is -0.575. The predicted octanol–water partition coefficient (Wildman–Crippen LogP) is 4.50. The quantitative estimate of drug-likeness (QED) is 0.605. The highest BCUT2D eigenvalue weighted by atomic mass is 19.1. The van der Waals surface area contributed by atoms with E-state index in [0.29, 0.717) is 28.0 Å². The zero-order valence-corrected chi connectivity index (χ0v) is 15.9. The Balaban J connectivity index is 1.84. The average molecular weight is 383 g/mol. The molecule has 28 heavy (non-hydrogen) atoms. The highest BCUT2D eigenvalue weighted by molar-refractivity contribution is 5.96. The van der Waals surface area contributed by atoms with Crippen LogP contribution in [0.5, 0.6) is 0 Å². The lowest BCUT2D eigenvalue weighted by atomic mass is 9.98. The van der Waals surface area contributed by atoms with Crippen LogP contribution in [0, 0.1) is 18.7 Å². The first kappa shape index (κ1) is 19.4. The number of amides is 3. The fraction of sp³-hybridized carbons (Fsp3) is 0.238. The predicted molar refractivity (Wildman–Crippen MR) is 106 cm³/mol. The lowest BCUT2D eigenvalue weighted by Crippen LogP contribution is -2.35. The molecule has 7 heteroatoms. The zero-order chi connectivity index (χ0) is 20.4. The van der Waals surface area contributed by atoms with Gasteiger partial charge in [0.15, 0.2) is 0 Å². The monoisotopic (exact) mass is 383 g/mol. The van der Waals surface area contributed by atoms with E-state index in [4.69, 9.17) is 10.2 Å². The number of aryl methyl sites for hydroxylation is 1. The van der Waals surface area contributed by atoms with E-state index in [9.17, 15) is 14.0 Å². The van der Waals surface area contributed by atoms with Gasteiger partial charge < -0.3 is 20.8 Å². The second kappa shape index (κ2) is 7.72. The fourth-order valence-electron chi connectivity index (χ4n) is 3.10. The van der Waals surface area contributed by atoms with Crippen molar-refractivity contribution in [1.29, 1.82) is 0 Å². The number of hydrogen-bond acceptors (Lipinski definition) is 3. The summed E-state index contributed by atoms with van der Waals surface area (Å²) in [7, 11) is 0. The highest BCUT2D eigenvalue weighted by Gasteiger charge is 2.25. The topological polar surface area (TPSA) is 97.4 Å². The molecule has 0 radical (unpaired) electrons. The molecule has 1 aromatic heterocycles. The summed E-state index contributed by atoms with van der Waals surface area (Å²) in [4.78, 5) is 23.8. The van der Waals surface area contributed by atoms with Crippen LogP contribution in [0.2, 0.25) is 0 Å². The van der Waals surface area contributed by atoms with Crippen LogP contribution in [-0.4, -0.2) is 11.9 Å². The summed E-state index contributed by atoms with van der Waals surface area (Å²) in [6.07, 6.45) is 0. The van der Waals surface area contributed by atoms with Crippen LogP contribution in [0.4, 0.5) is 14.9 Å². The van der Waals surface area contributed by atoms with E-state index in [1.807, 2.05) is 20.8 Å². The molecule has 146 valence electrons. The second-order valence-corrected chi connectivity index (χ2v) is 7.00. The Morgan fingerprint density at radius 1 is 1.14 bits per heavy atom. The lowest BCUT2D eigenvalue weighted by molar-refractivity contribution is 0.1000. The van der Waals surface area contributed by atoms with Crippen molar-refractivity contribution in [3.05, 3.63) is 65.2 Å². The number of carbonyl (C=O) groups is 2. The summed E-state index contributed by atoms with van der Waals surface area (Å²) in [6.45, 7) is 5.74. The summed E-state index contributed by atoms with van der Waals surface area (Å²) in [5.74, 6) is -0.318. The Labute approximate surface area is 161 Å². The molecule has 0 aliphatic carbocycles. The van der Waals surface area contributed by atoms with Gasteiger partial charge in [-0.15, -0.1) is 0 Å². The van der Waals surface area contributed by atoms with E-state index in [-0.39, 0.29) is 11.7 Å². The number of carbonyl (C=O) groups excluding carboxylic acids is 2. The molecule has 6 nitrogen and oxygen atoms in total. The van der Waals surface area contributed by atoms with Crippen molar-refractivity contribution in [1.82, 2.24) is 5.32 Å². The summed E-state index contributed by atoms with van der Waals surface area (Å²) in [5.41, 5.74) is 7.36. The summed E-state index contributed by atoms with van der Waals surface area (Å²) in [6, 6.07) is 9.82. The third-order valence-electron chi connectivity index (χ3n) is 4.58. The second-order valence-electron chi connectivity index (χ2n) is 7.00. The molecular formula is C21H22FN3O3. The van der Waals surface area contributed by atoms with E-state index < -0.39 is 18.0 Å². The number of rotatable bonds is 5. The van der Waals surface area contributed by atoms with Crippen molar-refractivity contribution in [3.8, 4) is 0 Å². The summed E-state index contributed by atoms with van der Waals surface area (Å²) in [5, 5.41) is 6.27. The Morgan fingerprint density at radius 2 is 1.89 bits per heavy atom. The minimum absolute atomic E-state index is 0.0202. The van der Waals surface area contributed by atoms with Crippen LogP contribution >= 0.6 is 0 Å². The van der Waals surface area contributed by atoms with Crippen molar-refractivity contribution < 1.29 is 18.4 Å². The van der Waals surface area contributed by atoms with Crippen LogP contribution < -0.4 is 16.4 Å². The SMILES string of the molecule is Cc1c(C(NC(=O)Nc2cccc(C(N)=O)c2)C(C)C)oc2ccc(F)cc12. The summed E-state index contributed by atoms with van der Waals surface area (Å²) < 4.78 is 19.5. The van der Waals surface area contributed by atoms with E-state index in [2.05, 4.69) is 10.6 Å². The number of halogens is 1. The van der Waals surface area contributed by atoms with Crippen LogP contribution in [0.25, 0.3) is 11.0 Å². The first-order valence-electron chi connectivity index (χ1n) is 8.92. The number of hydrogen-bond donors (Lipinski definition) is 3. The zero-order valence-electron chi connectivity index (χ0n) is 15.9. The number of urea groups is 1. The molecule has 3 aromatic rings. The molecule has 4 N–H and O–H groups in total. The molecule has 0 aliphatic heterocycles. The molecule has 3 rings (SSSR count). The van der Waals surface area contributed by atoms with Crippen LogP contribution in [0.3, 0.4) is 0 Å². The van der Waals surface area contributed by atoms with Crippen molar-refractivity contribution in [2.75, 3.05) is 5.32 Å². The van der Waals surface area contributed by atoms with Gasteiger partial charge in [0.25, 0.3) is 0 Å². The average Bonchev–Trinajstić information content (AvgIpc) is 2.95. The largest absolute Gasteiger partial charge is 0.459 e. The van der Waals surface area contributed by atoms with Gasteiger partial charge in [-0.3, -0.25) is 4.79 Å². The summed E-state index contributed by atoms with van der Waals surface area (Å²) >= 11 is 0. The maximum absolute atomic E-state index is 13.6. The number of furan rings is 1. The standard InChI is InChI=1S/C21H22FN3O3/c1-11(2)18(19-12(3)16-10-14(22)7-8-17(16)28-19)25-21(27)24-15-6-4-5-13(9-15)20(23)26/h4-11,18H,1-3H3,(H2,23,26)(H2,24,25,27). The van der Waals surface area contributed by atoms with E-state index in [1.165, 1.54) is 18.2 Å². The molecule has 1 atom stereocenters. The van der Waals surface area contributed by atoms with E-state index in [0.717, 1.165) is 5.56 Å². The molecule has 0 fully saturated rings. The van der Waals surface area contributed by atoms with Crippen molar-refractivity contribution in [3.63, 3.8) is 0 Å². The van der Waals surface area contributed by atoms with Gasteiger partial charge in [-0.25, -0.2) is 9.18 Å². The highest BCUT2D eigenvalue weighted by Crippen LogP contribution is 2.33. The van der Waals surface area contributed by atoms with Gasteiger partial charge in [0, 0.05) is 22.2 Å². The van der Waals surface area contributed by atoms with Crippen molar-refractivity contribution in [2.24, 2.45) is 11.7 Å². The molecular weight excluding hydrogens is 361 g/mol. The Hall–Kier alpha value is -3.35. The van der Waals surface area contributed by atoms with Crippen LogP contribution in [0.15, 0.2) is 46.9 Å². The van der Waals surface area contributed by atoms with Gasteiger partial charge in [-0.05, 0) is 49.2 Å². The molecule has 0 saturated carbocycles. The Kier molecular flexibility index (Phi) is 5.35. The van der Waals surface area contributed by atoms with Gasteiger partial charge in [0.1, 0.15) is 17.2 Å². The van der Waals surface area contributed by atoms with Crippen LogP contribution in [-0.2, 0) is 0 Å². The van der Waals surface area contributed by atoms with Gasteiger partial charge in [0.2, 0.25) is 5.91 Å². The van der Waals surface area contributed by atoms with E-state index >= 15 is 0 Å². The van der Waals surface area contributed by atoms with E-state index in [1.54, 1.807) is 24.3 Å². The molecule has 2 aromatic carbocycles. The van der Waals surface area contributed by atoms with Gasteiger partial charge in [-0.2, -0.15) is 0 Å². The van der Waals surface area contributed by atoms with Crippen molar-refractivity contribution >= 4 is 28.6 Å². The molecule has 0 aliphatic rings. The molecule has 3 amide bonds. The third-order valence-corrected chi connectivity index (χ3v) is 4.58. The molecule has 0 saturated heterocycles. The number of nitrogens with two attached hydrogens (primary N) is 1. The molecule has 1 unspecified atom stereocenters.